The molecule has 0 saturated carbocycles. The van der Waals surface area contributed by atoms with Gasteiger partial charge in [0.2, 0.25) is 15.9 Å². The van der Waals surface area contributed by atoms with E-state index >= 15 is 0 Å². The van der Waals surface area contributed by atoms with Gasteiger partial charge in [-0.05, 0) is 65.9 Å². The second-order valence-electron chi connectivity index (χ2n) is 7.56. The Morgan fingerprint density at radius 1 is 0.968 bits per heavy atom. The summed E-state index contributed by atoms with van der Waals surface area (Å²) in [5, 5.41) is 3.43. The molecule has 0 saturated heterocycles. The Morgan fingerprint density at radius 2 is 1.71 bits per heavy atom. The molecule has 0 fully saturated rings. The number of hydrogen-bond donors (Lipinski definition) is 1. The molecule has 1 aliphatic heterocycles. The van der Waals surface area contributed by atoms with Gasteiger partial charge in [0, 0.05) is 30.2 Å². The van der Waals surface area contributed by atoms with E-state index in [9.17, 15) is 13.2 Å². The summed E-state index contributed by atoms with van der Waals surface area (Å²) in [6.07, 6.45) is 1.69. The van der Waals surface area contributed by atoms with Gasteiger partial charge in [0.05, 0.1) is 4.90 Å². The first kappa shape index (κ1) is 21.6. The van der Waals surface area contributed by atoms with E-state index in [4.69, 9.17) is 11.6 Å². The molecule has 4 rings (SSSR count). The summed E-state index contributed by atoms with van der Waals surface area (Å²) in [5.74, 6) is -0.0646. The van der Waals surface area contributed by atoms with Gasteiger partial charge in [-0.2, -0.15) is 4.31 Å². The maximum Gasteiger partial charge on any atom is 0.243 e. The lowest BCUT2D eigenvalue weighted by Gasteiger charge is -2.28. The average Bonchev–Trinajstić information content (AvgIpc) is 2.78. The lowest BCUT2D eigenvalue weighted by molar-refractivity contribution is -0.116. The molecule has 3 aromatic rings. The number of aryl methyl sites for hydroxylation is 1. The van der Waals surface area contributed by atoms with Crippen LogP contribution in [0.15, 0.2) is 77.7 Å². The third kappa shape index (κ3) is 5.15. The number of amides is 1. The van der Waals surface area contributed by atoms with E-state index in [1.807, 2.05) is 48.5 Å². The van der Waals surface area contributed by atoms with Crippen molar-refractivity contribution in [2.75, 3.05) is 11.9 Å². The van der Waals surface area contributed by atoms with E-state index in [1.54, 1.807) is 12.1 Å². The van der Waals surface area contributed by atoms with Gasteiger partial charge in [0.25, 0.3) is 0 Å². The van der Waals surface area contributed by atoms with Crippen LogP contribution in [0, 0.1) is 0 Å². The summed E-state index contributed by atoms with van der Waals surface area (Å²) >= 11 is 5.89. The molecule has 0 aliphatic carbocycles. The zero-order valence-corrected chi connectivity index (χ0v) is 18.5. The number of sulfonamides is 1. The van der Waals surface area contributed by atoms with Crippen molar-refractivity contribution in [3.05, 3.63) is 94.5 Å². The number of fused-ring (bicyclic) bond motifs is 1. The summed E-state index contributed by atoms with van der Waals surface area (Å²) < 4.78 is 27.5. The zero-order valence-electron chi connectivity index (χ0n) is 16.9. The maximum absolute atomic E-state index is 13.0. The first-order chi connectivity index (χ1) is 14.9. The van der Waals surface area contributed by atoms with E-state index in [0.717, 1.165) is 16.7 Å². The summed E-state index contributed by atoms with van der Waals surface area (Å²) in [6, 6.07) is 21.8. The largest absolute Gasteiger partial charge is 0.326 e. The monoisotopic (exact) mass is 454 g/mol. The molecule has 0 unspecified atom stereocenters. The van der Waals surface area contributed by atoms with Gasteiger partial charge < -0.3 is 5.32 Å². The van der Waals surface area contributed by atoms with Crippen LogP contribution < -0.4 is 5.32 Å². The Morgan fingerprint density at radius 3 is 2.45 bits per heavy atom. The molecule has 0 radical (unpaired) electrons. The van der Waals surface area contributed by atoms with Crippen LogP contribution >= 0.6 is 11.6 Å². The predicted octanol–water partition coefficient (Wildman–Crippen LogP) is 4.66. The highest BCUT2D eigenvalue weighted by molar-refractivity contribution is 7.89. The topological polar surface area (TPSA) is 66.5 Å². The van der Waals surface area contributed by atoms with Crippen molar-refractivity contribution in [1.29, 1.82) is 0 Å². The molecule has 0 aromatic heterocycles. The number of nitrogens with zero attached hydrogens (tertiary/aromatic N) is 1. The molecular weight excluding hydrogens is 432 g/mol. The minimum atomic E-state index is -3.61. The van der Waals surface area contributed by atoms with Gasteiger partial charge in [-0.3, -0.25) is 4.79 Å². The fourth-order valence-corrected chi connectivity index (χ4v) is 5.24. The van der Waals surface area contributed by atoms with Crippen molar-refractivity contribution in [1.82, 2.24) is 4.31 Å². The summed E-state index contributed by atoms with van der Waals surface area (Å²) in [6.45, 7) is 0.689. The molecule has 0 bridgehead atoms. The second kappa shape index (κ2) is 9.22. The molecule has 7 heteroatoms. The minimum Gasteiger partial charge on any atom is -0.326 e. The first-order valence-electron chi connectivity index (χ1n) is 10.1. The van der Waals surface area contributed by atoms with Gasteiger partial charge in [-0.1, -0.05) is 48.0 Å². The summed E-state index contributed by atoms with van der Waals surface area (Å²) in [7, 11) is -3.61. The lowest BCUT2D eigenvalue weighted by atomic mass is 10.0. The molecule has 5 nitrogen and oxygen atoms in total. The molecule has 1 heterocycles. The van der Waals surface area contributed by atoms with Gasteiger partial charge in [0.15, 0.2) is 0 Å². The molecule has 1 amide bonds. The van der Waals surface area contributed by atoms with Crippen LogP contribution in [0.2, 0.25) is 5.02 Å². The Kier molecular flexibility index (Phi) is 6.41. The van der Waals surface area contributed by atoms with Crippen molar-refractivity contribution in [2.45, 2.75) is 30.7 Å². The number of nitrogens with one attached hydrogen (secondary N) is 1. The number of halogens is 1. The van der Waals surface area contributed by atoms with Crippen molar-refractivity contribution >= 4 is 33.2 Å². The second-order valence-corrected chi connectivity index (χ2v) is 9.93. The van der Waals surface area contributed by atoms with Crippen molar-refractivity contribution in [3.63, 3.8) is 0 Å². The van der Waals surface area contributed by atoms with Gasteiger partial charge in [-0.25, -0.2) is 8.42 Å². The third-order valence-corrected chi connectivity index (χ3v) is 7.51. The van der Waals surface area contributed by atoms with Crippen LogP contribution in [-0.2, 0) is 34.2 Å². The molecule has 1 aliphatic rings. The van der Waals surface area contributed by atoms with E-state index in [1.165, 1.54) is 16.4 Å². The van der Waals surface area contributed by atoms with E-state index in [2.05, 4.69) is 5.32 Å². The predicted molar refractivity (Wildman–Crippen MR) is 123 cm³/mol. The van der Waals surface area contributed by atoms with Gasteiger partial charge >= 0.3 is 0 Å². The number of carbonyl (C=O) groups excluding carboxylic acids is 1. The normalized spacial score (nSPS) is 14.1. The quantitative estimate of drug-likeness (QED) is 0.589. The van der Waals surface area contributed by atoms with Crippen LogP contribution in [0.1, 0.15) is 23.1 Å². The number of hydrogen-bond acceptors (Lipinski definition) is 3. The summed E-state index contributed by atoms with van der Waals surface area (Å²) in [4.78, 5) is 12.6. The standard InChI is InChI=1S/C24H23ClN2O3S/c25-21-8-11-23(12-9-21)31(29,30)27-15-14-19-7-10-22(16-20(19)17-27)26-24(28)13-6-18-4-2-1-3-5-18/h1-5,7-12,16H,6,13-15,17H2,(H,26,28). The minimum absolute atomic E-state index is 0.0646. The van der Waals surface area contributed by atoms with Crippen LogP contribution in [-0.4, -0.2) is 25.2 Å². The van der Waals surface area contributed by atoms with Crippen molar-refractivity contribution in [3.8, 4) is 0 Å². The Hall–Kier alpha value is -2.67. The summed E-state index contributed by atoms with van der Waals surface area (Å²) in [5.41, 5.74) is 3.81. The first-order valence-corrected chi connectivity index (χ1v) is 11.9. The third-order valence-electron chi connectivity index (χ3n) is 5.40. The Balaban J connectivity index is 1.44. The fourth-order valence-electron chi connectivity index (χ4n) is 3.70. The van der Waals surface area contributed by atoms with Crippen LogP contribution in [0.25, 0.3) is 0 Å². The molecule has 1 N–H and O–H groups in total. The highest BCUT2D eigenvalue weighted by Crippen LogP contribution is 2.27. The molecular formula is C24H23ClN2O3S. The van der Waals surface area contributed by atoms with Crippen LogP contribution in [0.5, 0.6) is 0 Å². The SMILES string of the molecule is O=C(CCc1ccccc1)Nc1ccc2c(c1)CN(S(=O)(=O)c1ccc(Cl)cc1)CC2. The maximum atomic E-state index is 13.0. The van der Waals surface area contributed by atoms with E-state index in [0.29, 0.717) is 36.5 Å². The highest BCUT2D eigenvalue weighted by atomic mass is 35.5. The molecule has 0 spiro atoms. The Labute approximate surface area is 187 Å². The van der Waals surface area contributed by atoms with Gasteiger partial charge in [-0.15, -0.1) is 0 Å². The van der Waals surface area contributed by atoms with Crippen molar-refractivity contribution in [2.24, 2.45) is 0 Å². The Bertz CT molecular complexity index is 1180. The van der Waals surface area contributed by atoms with Crippen LogP contribution in [0.4, 0.5) is 5.69 Å². The number of carbonyl (C=O) groups is 1. The van der Waals surface area contributed by atoms with Gasteiger partial charge in [0.1, 0.15) is 0 Å². The number of benzene rings is 3. The molecule has 31 heavy (non-hydrogen) atoms. The highest BCUT2D eigenvalue weighted by Gasteiger charge is 2.28. The number of rotatable bonds is 6. The van der Waals surface area contributed by atoms with E-state index < -0.39 is 10.0 Å². The van der Waals surface area contributed by atoms with Crippen molar-refractivity contribution < 1.29 is 13.2 Å². The average molecular weight is 455 g/mol. The van der Waals surface area contributed by atoms with E-state index in [-0.39, 0.29) is 17.3 Å². The number of anilines is 1. The smallest absolute Gasteiger partial charge is 0.243 e. The fraction of sp³-hybridized carbons (Fsp3) is 0.208. The lowest BCUT2D eigenvalue weighted by Crippen LogP contribution is -2.36. The zero-order chi connectivity index (χ0) is 21.8. The molecule has 0 atom stereocenters. The molecule has 160 valence electrons. The molecule has 3 aromatic carbocycles. The van der Waals surface area contributed by atoms with Crippen LogP contribution in [0.3, 0.4) is 0 Å².